The average Bonchev–Trinajstić information content (AvgIpc) is 2.39. The standard InChI is InChI=1S/C15H17O2P/c1-12-11-13(17-2)9-10-15(12)18(3,16)14-7-5-4-6-8-14/h4-11H,1-3H3. The Hall–Kier alpha value is -1.53. The molecule has 0 aromatic heterocycles. The Morgan fingerprint density at radius 3 is 2.28 bits per heavy atom. The topological polar surface area (TPSA) is 26.3 Å². The highest BCUT2D eigenvalue weighted by Crippen LogP contribution is 2.40. The molecule has 0 radical (unpaired) electrons. The SMILES string of the molecule is COc1ccc(P(C)(=O)c2ccccc2)c(C)c1. The molecule has 0 fully saturated rings. The Morgan fingerprint density at radius 1 is 1.06 bits per heavy atom. The molecule has 2 nitrogen and oxygen atoms in total. The fourth-order valence-corrected chi connectivity index (χ4v) is 4.20. The summed E-state index contributed by atoms with van der Waals surface area (Å²) in [6, 6.07) is 15.3. The maximum absolute atomic E-state index is 13.0. The van der Waals surface area contributed by atoms with Crippen molar-refractivity contribution in [1.82, 2.24) is 0 Å². The number of ether oxygens (including phenoxy) is 1. The first-order valence-electron chi connectivity index (χ1n) is 5.84. The highest BCUT2D eigenvalue weighted by molar-refractivity contribution is 7.78. The maximum atomic E-state index is 13.0. The van der Waals surface area contributed by atoms with Gasteiger partial charge in [0.05, 0.1) is 7.11 Å². The first-order valence-corrected chi connectivity index (χ1v) is 7.99. The molecule has 1 unspecified atom stereocenters. The third-order valence-electron chi connectivity index (χ3n) is 3.11. The smallest absolute Gasteiger partial charge is 0.140 e. The molecule has 2 aromatic carbocycles. The van der Waals surface area contributed by atoms with Gasteiger partial charge in [-0.2, -0.15) is 0 Å². The Balaban J connectivity index is 2.51. The summed E-state index contributed by atoms with van der Waals surface area (Å²) in [5.41, 5.74) is 1.00. The van der Waals surface area contributed by atoms with Crippen LogP contribution in [-0.4, -0.2) is 13.8 Å². The number of aryl methyl sites for hydroxylation is 1. The van der Waals surface area contributed by atoms with Crippen molar-refractivity contribution in [3.63, 3.8) is 0 Å². The van der Waals surface area contributed by atoms with E-state index in [1.165, 1.54) is 0 Å². The molecule has 94 valence electrons. The van der Waals surface area contributed by atoms with Crippen molar-refractivity contribution in [2.24, 2.45) is 0 Å². The molecule has 0 saturated carbocycles. The van der Waals surface area contributed by atoms with E-state index in [-0.39, 0.29) is 0 Å². The Labute approximate surface area is 108 Å². The monoisotopic (exact) mass is 260 g/mol. The average molecular weight is 260 g/mol. The van der Waals surface area contributed by atoms with Crippen LogP contribution < -0.4 is 15.3 Å². The van der Waals surface area contributed by atoms with E-state index < -0.39 is 7.14 Å². The quantitative estimate of drug-likeness (QED) is 0.793. The summed E-state index contributed by atoms with van der Waals surface area (Å²) in [4.78, 5) is 0. The van der Waals surface area contributed by atoms with Gasteiger partial charge < -0.3 is 9.30 Å². The predicted octanol–water partition coefficient (Wildman–Crippen LogP) is 2.95. The van der Waals surface area contributed by atoms with Crippen molar-refractivity contribution in [2.45, 2.75) is 6.92 Å². The van der Waals surface area contributed by atoms with Crippen LogP contribution in [0.15, 0.2) is 48.5 Å². The molecule has 0 saturated heterocycles. The van der Waals surface area contributed by atoms with E-state index in [0.29, 0.717) is 0 Å². The fraction of sp³-hybridized carbons (Fsp3) is 0.200. The molecular weight excluding hydrogens is 243 g/mol. The van der Waals surface area contributed by atoms with E-state index in [1.807, 2.05) is 62.1 Å². The van der Waals surface area contributed by atoms with Crippen molar-refractivity contribution in [3.8, 4) is 5.75 Å². The molecule has 0 N–H and O–H groups in total. The molecule has 2 rings (SSSR count). The summed E-state index contributed by atoms with van der Waals surface area (Å²) < 4.78 is 18.2. The van der Waals surface area contributed by atoms with Crippen LogP contribution in [0.3, 0.4) is 0 Å². The highest BCUT2D eigenvalue weighted by Gasteiger charge is 2.22. The molecule has 1 atom stereocenters. The minimum Gasteiger partial charge on any atom is -0.497 e. The van der Waals surface area contributed by atoms with Crippen LogP contribution in [0.4, 0.5) is 0 Å². The molecule has 0 aliphatic heterocycles. The van der Waals surface area contributed by atoms with Gasteiger partial charge in [-0.3, -0.25) is 0 Å². The van der Waals surface area contributed by atoms with Crippen LogP contribution in [-0.2, 0) is 4.57 Å². The lowest BCUT2D eigenvalue weighted by molar-refractivity contribution is 0.414. The van der Waals surface area contributed by atoms with Gasteiger partial charge in [0.1, 0.15) is 12.9 Å². The lowest BCUT2D eigenvalue weighted by atomic mass is 10.2. The summed E-state index contributed by atoms with van der Waals surface area (Å²) in [6.07, 6.45) is 0. The van der Waals surface area contributed by atoms with E-state index >= 15 is 0 Å². The first kappa shape index (κ1) is 12.9. The fourth-order valence-electron chi connectivity index (χ4n) is 2.09. The number of benzene rings is 2. The largest absolute Gasteiger partial charge is 0.497 e. The zero-order chi connectivity index (χ0) is 13.2. The van der Waals surface area contributed by atoms with Crippen molar-refractivity contribution in [3.05, 3.63) is 54.1 Å². The highest BCUT2D eigenvalue weighted by atomic mass is 31.2. The van der Waals surface area contributed by atoms with Gasteiger partial charge in [-0.25, -0.2) is 0 Å². The predicted molar refractivity (Wildman–Crippen MR) is 77.0 cm³/mol. The zero-order valence-electron chi connectivity index (χ0n) is 10.9. The van der Waals surface area contributed by atoms with Crippen LogP contribution in [0, 0.1) is 6.92 Å². The Bertz CT molecular complexity index is 591. The van der Waals surface area contributed by atoms with Crippen molar-refractivity contribution < 1.29 is 9.30 Å². The van der Waals surface area contributed by atoms with Crippen LogP contribution in [0.2, 0.25) is 0 Å². The van der Waals surface area contributed by atoms with E-state index in [1.54, 1.807) is 7.11 Å². The molecule has 2 aromatic rings. The second kappa shape index (κ2) is 4.99. The molecule has 0 aliphatic rings. The lowest BCUT2D eigenvalue weighted by Gasteiger charge is -2.17. The van der Waals surface area contributed by atoms with Crippen molar-refractivity contribution in [2.75, 3.05) is 13.8 Å². The molecule has 0 spiro atoms. The third kappa shape index (κ3) is 2.34. The minimum absolute atomic E-state index is 0.796. The van der Waals surface area contributed by atoms with Gasteiger partial charge in [0.25, 0.3) is 0 Å². The normalized spacial score (nSPS) is 13.9. The number of methoxy groups -OCH3 is 1. The summed E-state index contributed by atoms with van der Waals surface area (Å²) in [7, 11) is -0.885. The Kier molecular flexibility index (Phi) is 3.58. The van der Waals surface area contributed by atoms with Crippen LogP contribution in [0.25, 0.3) is 0 Å². The van der Waals surface area contributed by atoms with E-state index in [2.05, 4.69) is 0 Å². The lowest BCUT2D eigenvalue weighted by Crippen LogP contribution is -2.17. The van der Waals surface area contributed by atoms with Crippen LogP contribution in [0.1, 0.15) is 5.56 Å². The van der Waals surface area contributed by atoms with Gasteiger partial charge in [0, 0.05) is 10.6 Å². The Morgan fingerprint density at radius 2 is 1.72 bits per heavy atom. The van der Waals surface area contributed by atoms with Crippen molar-refractivity contribution in [1.29, 1.82) is 0 Å². The molecule has 0 bridgehead atoms. The summed E-state index contributed by atoms with van der Waals surface area (Å²) in [6.45, 7) is 3.79. The van der Waals surface area contributed by atoms with Crippen molar-refractivity contribution >= 4 is 17.8 Å². The summed E-state index contributed by atoms with van der Waals surface area (Å²) >= 11 is 0. The van der Waals surface area contributed by atoms with Gasteiger partial charge in [0.2, 0.25) is 0 Å². The first-order chi connectivity index (χ1) is 8.55. The summed E-state index contributed by atoms with van der Waals surface area (Å²) in [5.74, 6) is 0.796. The van der Waals surface area contributed by atoms with Crippen LogP contribution >= 0.6 is 7.14 Å². The molecule has 0 aliphatic carbocycles. The van der Waals surface area contributed by atoms with E-state index in [9.17, 15) is 4.57 Å². The van der Waals surface area contributed by atoms with Gasteiger partial charge >= 0.3 is 0 Å². The molecule has 0 heterocycles. The van der Waals surface area contributed by atoms with E-state index in [0.717, 1.165) is 21.9 Å². The second-order valence-electron chi connectivity index (χ2n) is 4.41. The van der Waals surface area contributed by atoms with Gasteiger partial charge in [-0.1, -0.05) is 30.3 Å². The summed E-state index contributed by atoms with van der Waals surface area (Å²) in [5, 5.41) is 1.78. The molecule has 0 amide bonds. The van der Waals surface area contributed by atoms with Gasteiger partial charge in [-0.15, -0.1) is 0 Å². The molecule has 18 heavy (non-hydrogen) atoms. The number of hydrogen-bond donors (Lipinski definition) is 0. The third-order valence-corrected chi connectivity index (χ3v) is 5.82. The number of rotatable bonds is 3. The zero-order valence-corrected chi connectivity index (χ0v) is 11.8. The minimum atomic E-state index is -2.52. The van der Waals surface area contributed by atoms with E-state index in [4.69, 9.17) is 4.74 Å². The van der Waals surface area contributed by atoms with Gasteiger partial charge in [0.15, 0.2) is 0 Å². The number of hydrogen-bond acceptors (Lipinski definition) is 2. The maximum Gasteiger partial charge on any atom is 0.140 e. The second-order valence-corrected chi connectivity index (χ2v) is 7.26. The molecule has 3 heteroatoms. The van der Waals surface area contributed by atoms with Gasteiger partial charge in [-0.05, 0) is 37.4 Å². The molecular formula is C15H17O2P. The van der Waals surface area contributed by atoms with Crippen LogP contribution in [0.5, 0.6) is 5.75 Å².